The van der Waals surface area contributed by atoms with Crippen molar-refractivity contribution < 1.29 is 27.8 Å². The first-order chi connectivity index (χ1) is 17.9. The van der Waals surface area contributed by atoms with Crippen molar-refractivity contribution in [2.75, 3.05) is 30.0 Å². The number of nitrogens with one attached hydrogen (secondary N) is 1. The van der Waals surface area contributed by atoms with Gasteiger partial charge in [-0.3, -0.25) is 14.8 Å². The molecule has 4 heterocycles. The third kappa shape index (κ3) is 5.10. The van der Waals surface area contributed by atoms with Crippen molar-refractivity contribution in [1.29, 1.82) is 0 Å². The number of amides is 1. The van der Waals surface area contributed by atoms with Crippen LogP contribution in [0.1, 0.15) is 41.2 Å². The fourth-order valence-electron chi connectivity index (χ4n) is 5.29. The molecule has 0 radical (unpaired) electrons. The zero-order valence-corrected chi connectivity index (χ0v) is 21.3. The summed E-state index contributed by atoms with van der Waals surface area (Å²) >= 11 is 0. The van der Waals surface area contributed by atoms with Gasteiger partial charge in [-0.05, 0) is 57.5 Å². The molecule has 3 aromatic rings. The molecule has 2 aromatic heterocycles. The van der Waals surface area contributed by atoms with E-state index in [4.69, 9.17) is 9.72 Å². The fraction of sp³-hybridized carbons (Fsp3) is 0.393. The Morgan fingerprint density at radius 2 is 1.95 bits per heavy atom. The standard InChI is InChI=1S/C28H29F3N4O3/c1-16-21(11-20(14-32-16)34-26(36)17-5-4-6-19(9-17)28(29,30)31)18-10-24-23(33-13-18)12-22(27(2,3)37)25-15-38-8-7-35(24)25/h4-6,9-11,13-14,22,25,37H,7-8,12,15H2,1-3H3,(H,34,36)/t22-,25-/m1/s1. The van der Waals surface area contributed by atoms with Crippen LogP contribution >= 0.6 is 0 Å². The molecule has 2 aliphatic rings. The van der Waals surface area contributed by atoms with Gasteiger partial charge >= 0.3 is 6.18 Å². The van der Waals surface area contributed by atoms with E-state index >= 15 is 0 Å². The molecule has 5 rings (SSSR count). The minimum absolute atomic E-state index is 0.0191. The summed E-state index contributed by atoms with van der Waals surface area (Å²) < 4.78 is 45.0. The summed E-state index contributed by atoms with van der Waals surface area (Å²) in [6.45, 7) is 7.26. The third-order valence-corrected chi connectivity index (χ3v) is 7.32. The molecule has 10 heteroatoms. The molecule has 1 amide bonds. The number of morpholine rings is 1. The average Bonchev–Trinajstić information content (AvgIpc) is 2.88. The van der Waals surface area contributed by atoms with Gasteiger partial charge in [-0.1, -0.05) is 6.07 Å². The number of benzene rings is 1. The minimum atomic E-state index is -4.54. The second kappa shape index (κ2) is 9.67. The summed E-state index contributed by atoms with van der Waals surface area (Å²) in [5, 5.41) is 13.5. The van der Waals surface area contributed by atoms with Crippen molar-refractivity contribution in [3.8, 4) is 11.1 Å². The Kier molecular flexibility index (Phi) is 6.65. The van der Waals surface area contributed by atoms with Crippen LogP contribution in [0.25, 0.3) is 11.1 Å². The lowest BCUT2D eigenvalue weighted by atomic mass is 9.77. The number of carbonyl (C=O) groups excluding carboxylic acids is 1. The predicted octanol–water partition coefficient (Wildman–Crippen LogP) is 4.87. The first-order valence-electron chi connectivity index (χ1n) is 12.4. The highest BCUT2D eigenvalue weighted by Crippen LogP contribution is 2.41. The van der Waals surface area contributed by atoms with Crippen molar-refractivity contribution in [3.05, 3.63) is 71.3 Å². The number of alkyl halides is 3. The van der Waals surface area contributed by atoms with E-state index in [1.807, 2.05) is 26.8 Å². The normalized spacial score (nSPS) is 19.5. The van der Waals surface area contributed by atoms with Gasteiger partial charge < -0.3 is 20.1 Å². The molecule has 0 saturated carbocycles. The molecule has 7 nitrogen and oxygen atoms in total. The van der Waals surface area contributed by atoms with Gasteiger partial charge in [-0.25, -0.2) is 0 Å². The number of fused-ring (bicyclic) bond motifs is 3. The maximum atomic E-state index is 13.1. The number of aryl methyl sites for hydroxylation is 1. The van der Waals surface area contributed by atoms with Crippen LogP contribution in [-0.2, 0) is 17.3 Å². The number of aliphatic hydroxyl groups is 1. The third-order valence-electron chi connectivity index (χ3n) is 7.32. The molecule has 2 aliphatic heterocycles. The highest BCUT2D eigenvalue weighted by Gasteiger charge is 2.43. The van der Waals surface area contributed by atoms with Crippen LogP contribution in [-0.4, -0.2) is 52.4 Å². The lowest BCUT2D eigenvalue weighted by Crippen LogP contribution is -2.58. The maximum absolute atomic E-state index is 13.1. The summed E-state index contributed by atoms with van der Waals surface area (Å²) in [7, 11) is 0. The molecular formula is C28H29F3N4O3. The van der Waals surface area contributed by atoms with E-state index in [2.05, 4.69) is 15.2 Å². The topological polar surface area (TPSA) is 87.6 Å². The molecular weight excluding hydrogens is 497 g/mol. The Morgan fingerprint density at radius 1 is 1.16 bits per heavy atom. The SMILES string of the molecule is Cc1ncc(NC(=O)c2cccc(C(F)(F)F)c2)cc1-c1cnc2c(c1)N1CCOC[C@@H]1[C@H](C(C)(C)O)C2. The van der Waals surface area contributed by atoms with Gasteiger partial charge in [0, 0.05) is 41.0 Å². The monoisotopic (exact) mass is 526 g/mol. The smallest absolute Gasteiger partial charge is 0.390 e. The van der Waals surface area contributed by atoms with Crippen molar-refractivity contribution >= 4 is 17.3 Å². The van der Waals surface area contributed by atoms with E-state index in [1.54, 1.807) is 12.3 Å². The summed E-state index contributed by atoms with van der Waals surface area (Å²) in [5.74, 6) is -0.698. The van der Waals surface area contributed by atoms with E-state index in [1.165, 1.54) is 18.3 Å². The predicted molar refractivity (Wildman–Crippen MR) is 137 cm³/mol. The number of rotatable bonds is 4. The Morgan fingerprint density at radius 3 is 2.68 bits per heavy atom. The van der Waals surface area contributed by atoms with Gasteiger partial charge in [-0.15, -0.1) is 0 Å². The van der Waals surface area contributed by atoms with Crippen molar-refractivity contribution in [3.63, 3.8) is 0 Å². The van der Waals surface area contributed by atoms with Crippen LogP contribution < -0.4 is 10.2 Å². The summed E-state index contributed by atoms with van der Waals surface area (Å²) in [6.07, 6.45) is -0.694. The van der Waals surface area contributed by atoms with Gasteiger partial charge in [0.2, 0.25) is 0 Å². The first kappa shape index (κ1) is 26.1. The Labute approximate surface area is 218 Å². The van der Waals surface area contributed by atoms with Crippen LogP contribution in [0.5, 0.6) is 0 Å². The highest BCUT2D eigenvalue weighted by molar-refractivity contribution is 6.04. The van der Waals surface area contributed by atoms with Crippen LogP contribution in [0.3, 0.4) is 0 Å². The van der Waals surface area contributed by atoms with Gasteiger partial charge in [0.1, 0.15) is 0 Å². The molecule has 200 valence electrons. The second-order valence-electron chi connectivity index (χ2n) is 10.4. The number of ether oxygens (including phenoxy) is 1. The second-order valence-corrected chi connectivity index (χ2v) is 10.4. The highest BCUT2D eigenvalue weighted by atomic mass is 19.4. The Balaban J connectivity index is 1.44. The number of halogens is 3. The average molecular weight is 527 g/mol. The number of carbonyl (C=O) groups is 1. The largest absolute Gasteiger partial charge is 0.416 e. The van der Waals surface area contributed by atoms with Crippen molar-refractivity contribution in [2.24, 2.45) is 5.92 Å². The van der Waals surface area contributed by atoms with Gasteiger partial charge in [0.25, 0.3) is 5.91 Å². The number of hydrogen-bond donors (Lipinski definition) is 2. The fourth-order valence-corrected chi connectivity index (χ4v) is 5.29. The zero-order valence-electron chi connectivity index (χ0n) is 21.3. The molecule has 0 aliphatic carbocycles. The molecule has 1 fully saturated rings. The summed E-state index contributed by atoms with van der Waals surface area (Å²) in [6, 6.07) is 8.10. The molecule has 1 saturated heterocycles. The molecule has 1 aromatic carbocycles. The van der Waals surface area contributed by atoms with E-state index in [-0.39, 0.29) is 17.5 Å². The van der Waals surface area contributed by atoms with E-state index in [0.29, 0.717) is 37.6 Å². The van der Waals surface area contributed by atoms with E-state index in [0.717, 1.165) is 34.6 Å². The molecule has 2 N–H and O–H groups in total. The Bertz CT molecular complexity index is 1370. The maximum Gasteiger partial charge on any atom is 0.416 e. The number of aromatic nitrogens is 2. The van der Waals surface area contributed by atoms with E-state index in [9.17, 15) is 23.1 Å². The van der Waals surface area contributed by atoms with Crippen molar-refractivity contribution in [1.82, 2.24) is 9.97 Å². The van der Waals surface area contributed by atoms with Gasteiger partial charge in [-0.2, -0.15) is 13.2 Å². The van der Waals surface area contributed by atoms with Crippen molar-refractivity contribution in [2.45, 2.75) is 45.0 Å². The zero-order chi connectivity index (χ0) is 27.2. The van der Waals surface area contributed by atoms with E-state index < -0.39 is 23.2 Å². The summed E-state index contributed by atoms with van der Waals surface area (Å²) in [5.41, 5.74) is 2.62. The first-order valence-corrected chi connectivity index (χ1v) is 12.4. The van der Waals surface area contributed by atoms with Crippen LogP contribution in [0.4, 0.5) is 24.5 Å². The lowest BCUT2D eigenvalue weighted by molar-refractivity contribution is -0.137. The van der Waals surface area contributed by atoms with Crippen LogP contribution in [0.2, 0.25) is 0 Å². The molecule has 38 heavy (non-hydrogen) atoms. The quantitative estimate of drug-likeness (QED) is 0.505. The lowest BCUT2D eigenvalue weighted by Gasteiger charge is -2.49. The van der Waals surface area contributed by atoms with Crippen LogP contribution in [0, 0.1) is 12.8 Å². The molecule has 0 bridgehead atoms. The number of anilines is 2. The van der Waals surface area contributed by atoms with Crippen LogP contribution in [0.15, 0.2) is 48.8 Å². The number of hydrogen-bond acceptors (Lipinski definition) is 6. The molecule has 2 atom stereocenters. The molecule has 0 unspecified atom stereocenters. The number of nitrogens with zero attached hydrogens (tertiary/aromatic N) is 3. The number of pyridine rings is 2. The molecule has 0 spiro atoms. The minimum Gasteiger partial charge on any atom is -0.390 e. The Hall–Kier alpha value is -3.50. The van der Waals surface area contributed by atoms with Gasteiger partial charge in [0.15, 0.2) is 0 Å². The summed E-state index contributed by atoms with van der Waals surface area (Å²) in [4.78, 5) is 24.1. The van der Waals surface area contributed by atoms with Gasteiger partial charge in [0.05, 0.1) is 53.7 Å².